The van der Waals surface area contributed by atoms with Crippen molar-refractivity contribution in [3.05, 3.63) is 33.9 Å². The molecule has 0 saturated carbocycles. The van der Waals surface area contributed by atoms with E-state index in [1.807, 2.05) is 0 Å². The number of hydrogen-bond acceptors (Lipinski definition) is 5. The number of carbonyl (C=O) groups excluding carboxylic acids is 1. The number of nitro benzene ring substituents is 1. The van der Waals surface area contributed by atoms with Gasteiger partial charge in [-0.2, -0.15) is 0 Å². The van der Waals surface area contributed by atoms with Crippen molar-refractivity contribution in [2.45, 2.75) is 12.8 Å². The molecule has 1 aromatic carbocycles. The number of methoxy groups -OCH3 is 1. The van der Waals surface area contributed by atoms with E-state index in [2.05, 4.69) is 10.7 Å². The van der Waals surface area contributed by atoms with Gasteiger partial charge in [0.25, 0.3) is 0 Å². The lowest BCUT2D eigenvalue weighted by atomic mass is 10.0. The van der Waals surface area contributed by atoms with Gasteiger partial charge in [0.1, 0.15) is 6.61 Å². The normalized spacial score (nSPS) is 11.2. The number of benzene rings is 1. The minimum Gasteiger partial charge on any atom is -0.474 e. The van der Waals surface area contributed by atoms with Gasteiger partial charge in [0, 0.05) is 6.07 Å². The van der Waals surface area contributed by atoms with Crippen molar-refractivity contribution >= 4 is 11.7 Å². The molecule has 1 rings (SSSR count). The minimum atomic E-state index is -0.592. The molecule has 100 valence electrons. The van der Waals surface area contributed by atoms with Crippen molar-refractivity contribution in [3.8, 4) is 18.1 Å². The maximum Gasteiger partial charge on any atom is 0.312 e. The quantitative estimate of drug-likeness (QED) is 0.351. The lowest BCUT2D eigenvalue weighted by Gasteiger charge is -2.10. The third-order valence-corrected chi connectivity index (χ3v) is 2.55. The fraction of sp³-hybridized carbons (Fsp3) is 0.308. The summed E-state index contributed by atoms with van der Waals surface area (Å²) in [6.07, 6.45) is 5.03. The summed E-state index contributed by atoms with van der Waals surface area (Å²) in [6.45, 7) is 1.54. The van der Waals surface area contributed by atoms with Crippen LogP contribution in [0.25, 0.3) is 0 Å². The Morgan fingerprint density at radius 3 is 2.79 bits per heavy atom. The number of ether oxygens (including phenoxy) is 2. The van der Waals surface area contributed by atoms with Crippen LogP contribution in [0.4, 0.5) is 5.69 Å². The molecule has 1 aromatic rings. The molecular formula is C13H13NO5. The van der Waals surface area contributed by atoms with Gasteiger partial charge in [0.2, 0.25) is 0 Å². The van der Waals surface area contributed by atoms with Crippen molar-refractivity contribution in [1.29, 1.82) is 0 Å². The average molecular weight is 263 g/mol. The average Bonchev–Trinajstić information content (AvgIpc) is 2.43. The minimum absolute atomic E-state index is 0.0628. The Balaban J connectivity index is 3.12. The number of hydrogen-bond donors (Lipinski definition) is 0. The van der Waals surface area contributed by atoms with E-state index in [1.54, 1.807) is 13.0 Å². The summed E-state index contributed by atoms with van der Waals surface area (Å²) >= 11 is 0. The molecule has 0 aromatic heterocycles. The molecule has 0 N–H and O–H groups in total. The Morgan fingerprint density at radius 2 is 2.26 bits per heavy atom. The van der Waals surface area contributed by atoms with Gasteiger partial charge in [-0.3, -0.25) is 14.9 Å². The van der Waals surface area contributed by atoms with E-state index < -0.39 is 16.8 Å². The molecule has 0 radical (unpaired) electrons. The topological polar surface area (TPSA) is 78.7 Å². The van der Waals surface area contributed by atoms with Crippen molar-refractivity contribution < 1.29 is 19.2 Å². The van der Waals surface area contributed by atoms with Crippen molar-refractivity contribution in [2.24, 2.45) is 0 Å². The number of carbonyl (C=O) groups is 1. The molecule has 0 saturated heterocycles. The SMILES string of the molecule is C#CCOc1ccc(C(C)C(=O)OC)cc1[N+](=O)[O-]. The molecule has 0 aliphatic rings. The molecule has 0 aliphatic carbocycles. The standard InChI is InChI=1S/C13H13NO5/c1-4-7-19-12-6-5-10(8-11(12)14(16)17)9(2)13(15)18-3/h1,5-6,8-9H,7H2,2-3H3. The van der Waals surface area contributed by atoms with Crippen LogP contribution in [0.2, 0.25) is 0 Å². The number of nitro groups is 1. The van der Waals surface area contributed by atoms with Crippen LogP contribution in [0.3, 0.4) is 0 Å². The molecule has 0 amide bonds. The van der Waals surface area contributed by atoms with Gasteiger partial charge < -0.3 is 9.47 Å². The van der Waals surface area contributed by atoms with Crippen molar-refractivity contribution in [1.82, 2.24) is 0 Å². The number of terminal acetylenes is 1. The number of esters is 1. The summed E-state index contributed by atoms with van der Waals surface area (Å²) in [5.74, 6) is 1.24. The van der Waals surface area contributed by atoms with E-state index in [0.29, 0.717) is 5.56 Å². The first-order valence-corrected chi connectivity index (χ1v) is 5.43. The van der Waals surface area contributed by atoms with E-state index in [1.165, 1.54) is 19.2 Å². The van der Waals surface area contributed by atoms with Gasteiger partial charge in [-0.05, 0) is 18.6 Å². The lowest BCUT2D eigenvalue weighted by molar-refractivity contribution is -0.385. The summed E-state index contributed by atoms with van der Waals surface area (Å²) in [5.41, 5.74) is 0.245. The zero-order chi connectivity index (χ0) is 14.4. The molecule has 0 spiro atoms. The summed E-state index contributed by atoms with van der Waals surface area (Å²) in [6, 6.07) is 4.28. The third kappa shape index (κ3) is 3.45. The molecule has 1 atom stereocenters. The molecular weight excluding hydrogens is 250 g/mol. The van der Waals surface area contributed by atoms with Gasteiger partial charge in [-0.25, -0.2) is 0 Å². The van der Waals surface area contributed by atoms with Crippen LogP contribution in [0.15, 0.2) is 18.2 Å². The molecule has 0 fully saturated rings. The fourth-order valence-corrected chi connectivity index (χ4v) is 1.50. The van der Waals surface area contributed by atoms with Crippen LogP contribution in [-0.2, 0) is 9.53 Å². The molecule has 0 aliphatic heterocycles. The maximum atomic E-state index is 11.4. The monoisotopic (exact) mass is 263 g/mol. The summed E-state index contributed by atoms with van der Waals surface area (Å²) in [5, 5.41) is 11.0. The third-order valence-electron chi connectivity index (χ3n) is 2.55. The molecule has 19 heavy (non-hydrogen) atoms. The molecule has 0 bridgehead atoms. The second kappa shape index (κ2) is 6.40. The fourth-order valence-electron chi connectivity index (χ4n) is 1.50. The Bertz CT molecular complexity index is 532. The second-order valence-electron chi connectivity index (χ2n) is 3.72. The van der Waals surface area contributed by atoms with E-state index >= 15 is 0 Å². The summed E-state index contributed by atoms with van der Waals surface area (Å²) < 4.78 is 9.67. The van der Waals surface area contributed by atoms with E-state index in [9.17, 15) is 14.9 Å². The Kier molecular flexibility index (Phi) is 4.89. The van der Waals surface area contributed by atoms with Crippen LogP contribution in [0.5, 0.6) is 5.75 Å². The Morgan fingerprint density at radius 1 is 1.58 bits per heavy atom. The van der Waals surface area contributed by atoms with Crippen LogP contribution in [0.1, 0.15) is 18.4 Å². The first-order chi connectivity index (χ1) is 9.01. The summed E-state index contributed by atoms with van der Waals surface area (Å²) in [4.78, 5) is 21.8. The Labute approximate surface area is 110 Å². The van der Waals surface area contributed by atoms with Gasteiger partial charge in [-0.15, -0.1) is 6.42 Å². The van der Waals surface area contributed by atoms with Gasteiger partial charge in [0.15, 0.2) is 5.75 Å². The van der Waals surface area contributed by atoms with Gasteiger partial charge in [0.05, 0.1) is 18.0 Å². The van der Waals surface area contributed by atoms with Crippen molar-refractivity contribution in [3.63, 3.8) is 0 Å². The second-order valence-corrected chi connectivity index (χ2v) is 3.72. The molecule has 6 heteroatoms. The first-order valence-electron chi connectivity index (χ1n) is 5.43. The van der Waals surface area contributed by atoms with E-state index in [4.69, 9.17) is 11.2 Å². The van der Waals surface area contributed by atoms with Crippen LogP contribution < -0.4 is 4.74 Å². The van der Waals surface area contributed by atoms with Crippen LogP contribution in [-0.4, -0.2) is 24.6 Å². The largest absolute Gasteiger partial charge is 0.474 e. The van der Waals surface area contributed by atoms with Crippen molar-refractivity contribution in [2.75, 3.05) is 13.7 Å². The lowest BCUT2D eigenvalue weighted by Crippen LogP contribution is -2.11. The Hall–Kier alpha value is -2.55. The predicted molar refractivity (Wildman–Crippen MR) is 67.9 cm³/mol. The molecule has 1 unspecified atom stereocenters. The highest BCUT2D eigenvalue weighted by molar-refractivity contribution is 5.78. The summed E-state index contributed by atoms with van der Waals surface area (Å²) in [7, 11) is 1.26. The number of nitrogens with zero attached hydrogens (tertiary/aromatic N) is 1. The zero-order valence-electron chi connectivity index (χ0n) is 10.6. The highest BCUT2D eigenvalue weighted by Gasteiger charge is 2.21. The highest BCUT2D eigenvalue weighted by Crippen LogP contribution is 2.31. The molecule has 0 heterocycles. The smallest absolute Gasteiger partial charge is 0.312 e. The van der Waals surface area contributed by atoms with E-state index in [-0.39, 0.29) is 18.0 Å². The predicted octanol–water partition coefficient (Wildman–Crippen LogP) is 1.88. The maximum absolute atomic E-state index is 11.4. The first kappa shape index (κ1) is 14.5. The number of rotatable bonds is 5. The van der Waals surface area contributed by atoms with E-state index in [0.717, 1.165) is 0 Å². The van der Waals surface area contributed by atoms with Gasteiger partial charge >= 0.3 is 11.7 Å². The van der Waals surface area contributed by atoms with Gasteiger partial charge in [-0.1, -0.05) is 12.0 Å². The van der Waals surface area contributed by atoms with Crippen LogP contribution in [0, 0.1) is 22.5 Å². The van der Waals surface area contributed by atoms with Crippen LogP contribution >= 0.6 is 0 Å². The highest BCUT2D eigenvalue weighted by atomic mass is 16.6. The zero-order valence-corrected chi connectivity index (χ0v) is 10.6. The molecule has 6 nitrogen and oxygen atoms in total.